The summed E-state index contributed by atoms with van der Waals surface area (Å²) in [5.41, 5.74) is 0.527. The highest BCUT2D eigenvalue weighted by atomic mass is 127. The van der Waals surface area contributed by atoms with Crippen molar-refractivity contribution < 1.29 is 9.90 Å². The SMILES string of the molecule is CCC12Cc3cc(Cl)ccc3N1C(=O)N(c1ccc(Cl)cc1)C2(O)c1cccc(I)c1. The number of fused-ring (bicyclic) bond motifs is 3. The fourth-order valence-electron chi connectivity index (χ4n) is 5.07. The molecule has 4 nitrogen and oxygen atoms in total. The minimum absolute atomic E-state index is 0.272. The lowest BCUT2D eigenvalue weighted by molar-refractivity contribution is -0.0168. The molecule has 2 amide bonds. The summed E-state index contributed by atoms with van der Waals surface area (Å²) in [4.78, 5) is 17.2. The lowest BCUT2D eigenvalue weighted by Gasteiger charge is -2.44. The van der Waals surface area contributed by atoms with Crippen LogP contribution in [0, 0.1) is 3.57 Å². The number of urea groups is 1. The zero-order chi connectivity index (χ0) is 22.0. The van der Waals surface area contributed by atoms with Crippen LogP contribution in [0.15, 0.2) is 66.7 Å². The van der Waals surface area contributed by atoms with Crippen LogP contribution < -0.4 is 9.80 Å². The molecule has 31 heavy (non-hydrogen) atoms. The summed E-state index contributed by atoms with van der Waals surface area (Å²) in [5, 5.41) is 13.8. The second kappa shape index (κ2) is 7.37. The molecular weight excluding hydrogens is 546 g/mol. The quantitative estimate of drug-likeness (QED) is 0.364. The first-order chi connectivity index (χ1) is 14.8. The molecule has 3 aromatic rings. The van der Waals surface area contributed by atoms with E-state index in [1.54, 1.807) is 35.2 Å². The summed E-state index contributed by atoms with van der Waals surface area (Å²) in [6, 6.07) is 20.0. The Kier molecular flexibility index (Phi) is 5.01. The molecule has 0 aromatic heterocycles. The number of hydrogen-bond acceptors (Lipinski definition) is 2. The fraction of sp³-hybridized carbons (Fsp3) is 0.208. The van der Waals surface area contributed by atoms with Gasteiger partial charge in [0.05, 0.1) is 0 Å². The summed E-state index contributed by atoms with van der Waals surface area (Å²) in [5.74, 6) is 0. The Bertz CT molecular complexity index is 1200. The van der Waals surface area contributed by atoms with Crippen molar-refractivity contribution in [1.82, 2.24) is 0 Å². The topological polar surface area (TPSA) is 43.8 Å². The third-order valence-corrected chi connectivity index (χ3v) is 7.60. The van der Waals surface area contributed by atoms with Gasteiger partial charge in [0.25, 0.3) is 0 Å². The van der Waals surface area contributed by atoms with Gasteiger partial charge in [-0.2, -0.15) is 0 Å². The van der Waals surface area contributed by atoms with Crippen LogP contribution in [-0.2, 0) is 12.1 Å². The molecule has 1 N–H and O–H groups in total. The average molecular weight is 565 g/mol. The number of hydrogen-bond donors (Lipinski definition) is 1. The van der Waals surface area contributed by atoms with E-state index in [1.165, 1.54) is 4.90 Å². The highest BCUT2D eigenvalue weighted by molar-refractivity contribution is 14.1. The van der Waals surface area contributed by atoms with E-state index in [-0.39, 0.29) is 6.03 Å². The maximum Gasteiger partial charge on any atom is 0.332 e. The van der Waals surface area contributed by atoms with E-state index >= 15 is 0 Å². The van der Waals surface area contributed by atoms with Crippen molar-refractivity contribution in [2.75, 3.05) is 9.80 Å². The Morgan fingerprint density at radius 1 is 1.00 bits per heavy atom. The Hall–Kier alpha value is -1.80. The molecule has 2 unspecified atom stereocenters. The van der Waals surface area contributed by atoms with Gasteiger partial charge in [-0.15, -0.1) is 0 Å². The van der Waals surface area contributed by atoms with Crippen molar-refractivity contribution in [2.45, 2.75) is 31.0 Å². The third kappa shape index (κ3) is 2.86. The Balaban J connectivity index is 1.81. The van der Waals surface area contributed by atoms with Gasteiger partial charge in [0.1, 0.15) is 5.54 Å². The predicted molar refractivity (Wildman–Crippen MR) is 133 cm³/mol. The Morgan fingerprint density at radius 2 is 1.71 bits per heavy atom. The van der Waals surface area contributed by atoms with E-state index in [1.807, 2.05) is 43.3 Å². The number of nitrogens with zero attached hydrogens (tertiary/aromatic N) is 2. The third-order valence-electron chi connectivity index (χ3n) is 6.45. The van der Waals surface area contributed by atoms with Crippen LogP contribution in [0.1, 0.15) is 24.5 Å². The van der Waals surface area contributed by atoms with Crippen molar-refractivity contribution in [2.24, 2.45) is 0 Å². The minimum Gasteiger partial charge on any atom is -0.364 e. The molecule has 0 saturated carbocycles. The normalized spacial score (nSPS) is 24.5. The van der Waals surface area contributed by atoms with Gasteiger partial charge in [0.2, 0.25) is 0 Å². The maximum absolute atomic E-state index is 14.0. The number of halogens is 3. The molecule has 0 spiro atoms. The number of rotatable bonds is 3. The van der Waals surface area contributed by atoms with Gasteiger partial charge >= 0.3 is 6.03 Å². The molecule has 1 fully saturated rings. The zero-order valence-electron chi connectivity index (χ0n) is 16.6. The average Bonchev–Trinajstić information content (AvgIpc) is 3.18. The predicted octanol–water partition coefficient (Wildman–Crippen LogP) is 6.59. The van der Waals surface area contributed by atoms with E-state index in [0.717, 1.165) is 14.8 Å². The monoisotopic (exact) mass is 564 g/mol. The second-order valence-electron chi connectivity index (χ2n) is 7.95. The molecule has 0 bridgehead atoms. The largest absolute Gasteiger partial charge is 0.364 e. The number of carbonyl (C=O) groups excluding carboxylic acids is 1. The molecule has 2 aliphatic heterocycles. The number of carbonyl (C=O) groups is 1. The van der Waals surface area contributed by atoms with Gasteiger partial charge in [-0.3, -0.25) is 9.80 Å². The van der Waals surface area contributed by atoms with Crippen LogP contribution >= 0.6 is 45.8 Å². The lowest BCUT2D eigenvalue weighted by atomic mass is 9.77. The van der Waals surface area contributed by atoms with Crippen LogP contribution in [-0.4, -0.2) is 16.7 Å². The summed E-state index contributed by atoms with van der Waals surface area (Å²) >= 11 is 14.6. The number of amides is 2. The Labute approximate surface area is 204 Å². The van der Waals surface area contributed by atoms with E-state index < -0.39 is 11.3 Å². The van der Waals surface area contributed by atoms with Crippen LogP contribution in [0.25, 0.3) is 0 Å². The molecule has 0 aliphatic carbocycles. The molecule has 1 saturated heterocycles. The van der Waals surface area contributed by atoms with E-state index in [0.29, 0.717) is 34.1 Å². The number of anilines is 2. The van der Waals surface area contributed by atoms with Crippen molar-refractivity contribution in [3.8, 4) is 0 Å². The first-order valence-corrected chi connectivity index (χ1v) is 11.8. The molecule has 2 heterocycles. The lowest BCUT2D eigenvalue weighted by Crippen LogP contribution is -2.59. The minimum atomic E-state index is -1.60. The van der Waals surface area contributed by atoms with E-state index in [9.17, 15) is 9.90 Å². The molecule has 0 radical (unpaired) electrons. The highest BCUT2D eigenvalue weighted by Gasteiger charge is 2.70. The molecule has 2 aliphatic rings. The summed E-state index contributed by atoms with van der Waals surface area (Å²) in [7, 11) is 0. The van der Waals surface area contributed by atoms with Crippen LogP contribution in [0.4, 0.5) is 16.2 Å². The molecular formula is C24H19Cl2IN2O2. The van der Waals surface area contributed by atoms with Gasteiger partial charge in [-0.25, -0.2) is 4.79 Å². The molecule has 5 rings (SSSR count). The first kappa shape index (κ1) is 21.1. The van der Waals surface area contributed by atoms with Crippen LogP contribution in [0.3, 0.4) is 0 Å². The van der Waals surface area contributed by atoms with Gasteiger partial charge in [0, 0.05) is 37.0 Å². The molecule has 2 atom stereocenters. The Morgan fingerprint density at radius 3 is 2.39 bits per heavy atom. The molecule has 3 aromatic carbocycles. The maximum atomic E-state index is 14.0. The summed E-state index contributed by atoms with van der Waals surface area (Å²) < 4.78 is 0.982. The van der Waals surface area contributed by atoms with Crippen molar-refractivity contribution in [3.05, 3.63) is 91.5 Å². The van der Waals surface area contributed by atoms with Gasteiger partial charge < -0.3 is 5.11 Å². The van der Waals surface area contributed by atoms with Crippen LogP contribution in [0.5, 0.6) is 0 Å². The second-order valence-corrected chi connectivity index (χ2v) is 10.1. The highest BCUT2D eigenvalue weighted by Crippen LogP contribution is 2.58. The van der Waals surface area contributed by atoms with Crippen molar-refractivity contribution in [1.29, 1.82) is 0 Å². The number of benzene rings is 3. The molecule has 158 valence electrons. The van der Waals surface area contributed by atoms with Gasteiger partial charge in [-0.1, -0.05) is 42.3 Å². The standard InChI is InChI=1S/C24H19Cl2IN2O2/c1-2-23-14-15-12-18(26)8-11-21(15)29(23)22(30)28(20-9-6-17(25)7-10-20)24(23,31)16-4-3-5-19(27)13-16/h3-13,31H,2,14H2,1H3. The van der Waals surface area contributed by atoms with E-state index in [4.69, 9.17) is 23.2 Å². The summed E-state index contributed by atoms with van der Waals surface area (Å²) in [6.45, 7) is 2.01. The van der Waals surface area contributed by atoms with Crippen LogP contribution in [0.2, 0.25) is 10.0 Å². The first-order valence-electron chi connectivity index (χ1n) is 9.98. The fourth-order valence-corrected chi connectivity index (χ4v) is 5.93. The number of aliphatic hydroxyl groups is 1. The van der Waals surface area contributed by atoms with E-state index in [2.05, 4.69) is 22.6 Å². The summed E-state index contributed by atoms with van der Waals surface area (Å²) in [6.07, 6.45) is 1.05. The van der Waals surface area contributed by atoms with Gasteiger partial charge in [-0.05, 0) is 89.2 Å². The zero-order valence-corrected chi connectivity index (χ0v) is 20.3. The van der Waals surface area contributed by atoms with Crippen molar-refractivity contribution >= 4 is 63.2 Å². The smallest absolute Gasteiger partial charge is 0.332 e. The van der Waals surface area contributed by atoms with Crippen molar-refractivity contribution in [3.63, 3.8) is 0 Å². The van der Waals surface area contributed by atoms with Gasteiger partial charge in [0.15, 0.2) is 5.72 Å². The molecule has 7 heteroatoms.